The summed E-state index contributed by atoms with van der Waals surface area (Å²) in [7, 11) is 0. The Morgan fingerprint density at radius 3 is 2.57 bits per heavy atom. The average Bonchev–Trinajstić information content (AvgIpc) is 3.57. The highest BCUT2D eigenvalue weighted by Gasteiger charge is 2.36. The van der Waals surface area contributed by atoms with Gasteiger partial charge in [0.15, 0.2) is 0 Å². The maximum Gasteiger partial charge on any atom is 0.266 e. The summed E-state index contributed by atoms with van der Waals surface area (Å²) in [6.45, 7) is 6.65. The van der Waals surface area contributed by atoms with Gasteiger partial charge in [0.05, 0.1) is 22.6 Å². The fraction of sp³-hybridized carbons (Fsp3) is 0.375. The average molecular weight is 424 g/mol. The van der Waals surface area contributed by atoms with E-state index in [1.54, 1.807) is 22.8 Å². The lowest BCUT2D eigenvalue weighted by atomic mass is 10.1. The number of benzene rings is 2. The number of aryl methyl sites for hydroxylation is 1. The second kappa shape index (κ2) is 8.23. The van der Waals surface area contributed by atoms with Gasteiger partial charge in [-0.15, -0.1) is 0 Å². The van der Waals surface area contributed by atoms with Gasteiger partial charge in [-0.25, -0.2) is 4.98 Å². The number of hydrogen-bond acceptors (Lipinski definition) is 3. The lowest BCUT2D eigenvalue weighted by molar-refractivity contribution is -0.135. The summed E-state index contributed by atoms with van der Waals surface area (Å²) in [6.07, 6.45) is 2.73. The quantitative estimate of drug-likeness (QED) is 0.557. The molecule has 0 radical (unpaired) electrons. The third-order valence-electron chi connectivity index (χ3n) is 5.66. The van der Waals surface area contributed by atoms with E-state index in [-0.39, 0.29) is 23.4 Å². The Kier molecular flexibility index (Phi) is 5.65. The zero-order valence-corrected chi connectivity index (χ0v) is 18.3. The summed E-state index contributed by atoms with van der Waals surface area (Å²) in [6, 6.07) is 12.6. The zero-order valence-electron chi connectivity index (χ0n) is 17.6. The van der Waals surface area contributed by atoms with Crippen molar-refractivity contribution in [3.63, 3.8) is 0 Å². The van der Waals surface area contributed by atoms with E-state index < -0.39 is 0 Å². The van der Waals surface area contributed by atoms with Crippen molar-refractivity contribution in [3.8, 4) is 5.69 Å². The van der Waals surface area contributed by atoms with Gasteiger partial charge in [0.1, 0.15) is 5.82 Å². The predicted molar refractivity (Wildman–Crippen MR) is 120 cm³/mol. The predicted octanol–water partition coefficient (Wildman–Crippen LogP) is 5.06. The van der Waals surface area contributed by atoms with E-state index >= 15 is 0 Å². The molecule has 2 aromatic carbocycles. The molecule has 1 aliphatic rings. The van der Waals surface area contributed by atoms with Gasteiger partial charge in [0.2, 0.25) is 5.91 Å². The van der Waals surface area contributed by atoms with Gasteiger partial charge in [-0.05, 0) is 63.4 Å². The highest BCUT2D eigenvalue weighted by atomic mass is 35.5. The molecule has 0 bridgehead atoms. The molecule has 1 amide bonds. The number of amides is 1. The smallest absolute Gasteiger partial charge is 0.266 e. The van der Waals surface area contributed by atoms with E-state index in [1.165, 1.54) is 0 Å². The van der Waals surface area contributed by atoms with E-state index in [1.807, 2.05) is 43.0 Å². The first-order chi connectivity index (χ1) is 14.4. The van der Waals surface area contributed by atoms with E-state index in [9.17, 15) is 9.59 Å². The molecular weight excluding hydrogens is 398 g/mol. The van der Waals surface area contributed by atoms with Crippen LogP contribution < -0.4 is 5.56 Å². The number of fused-ring (bicyclic) bond motifs is 1. The molecule has 3 aromatic rings. The minimum absolute atomic E-state index is 0.105. The molecule has 0 saturated heterocycles. The second-order valence-corrected chi connectivity index (χ2v) is 8.53. The van der Waals surface area contributed by atoms with E-state index in [0.29, 0.717) is 28.3 Å². The van der Waals surface area contributed by atoms with Gasteiger partial charge < -0.3 is 4.90 Å². The lowest BCUT2D eigenvalue weighted by Gasteiger charge is -2.30. The molecule has 1 atom stereocenters. The van der Waals surface area contributed by atoms with Crippen LogP contribution in [0.5, 0.6) is 0 Å². The van der Waals surface area contributed by atoms with Crippen molar-refractivity contribution in [1.29, 1.82) is 0 Å². The SMILES string of the molecule is CCCN(C(=O)C1CC1)C(C)c1nc2cc(Cl)ccc2c(=O)n1-c1ccc(C)cc1. The molecule has 1 unspecified atom stereocenters. The number of carbonyl (C=O) groups excluding carboxylic acids is 1. The molecule has 0 N–H and O–H groups in total. The summed E-state index contributed by atoms with van der Waals surface area (Å²) < 4.78 is 1.64. The molecule has 1 aliphatic carbocycles. The molecule has 1 fully saturated rings. The van der Waals surface area contributed by atoms with E-state index in [2.05, 4.69) is 6.92 Å². The molecule has 1 aromatic heterocycles. The van der Waals surface area contributed by atoms with Crippen molar-refractivity contribution in [3.05, 3.63) is 69.2 Å². The first-order valence-corrected chi connectivity index (χ1v) is 10.9. The Labute approximate surface area is 181 Å². The number of nitrogens with zero attached hydrogens (tertiary/aromatic N) is 3. The van der Waals surface area contributed by atoms with Gasteiger partial charge >= 0.3 is 0 Å². The standard InChI is InChI=1S/C24H26ClN3O2/c1-4-13-27(23(29)17-7-8-17)16(3)22-26-21-14-18(25)9-12-20(21)24(30)28(22)19-10-5-15(2)6-11-19/h5-6,9-12,14,16-17H,4,7-8,13H2,1-3H3. The summed E-state index contributed by atoms with van der Waals surface area (Å²) in [5.74, 6) is 0.815. The monoisotopic (exact) mass is 423 g/mol. The van der Waals surface area contributed by atoms with Crippen LogP contribution in [0.3, 0.4) is 0 Å². The van der Waals surface area contributed by atoms with Crippen molar-refractivity contribution in [2.24, 2.45) is 5.92 Å². The van der Waals surface area contributed by atoms with Gasteiger partial charge in [0, 0.05) is 17.5 Å². The number of carbonyl (C=O) groups is 1. The molecular formula is C24H26ClN3O2. The Balaban J connectivity index is 1.93. The first-order valence-electron chi connectivity index (χ1n) is 10.5. The maximum atomic E-state index is 13.5. The molecule has 6 heteroatoms. The summed E-state index contributed by atoms with van der Waals surface area (Å²) >= 11 is 6.18. The largest absolute Gasteiger partial charge is 0.333 e. The molecule has 0 spiro atoms. The molecule has 1 heterocycles. The molecule has 0 aliphatic heterocycles. The van der Waals surface area contributed by atoms with Crippen molar-refractivity contribution < 1.29 is 4.79 Å². The summed E-state index contributed by atoms with van der Waals surface area (Å²) in [5, 5.41) is 1.03. The van der Waals surface area contributed by atoms with Gasteiger partial charge in [-0.2, -0.15) is 0 Å². The van der Waals surface area contributed by atoms with E-state index in [4.69, 9.17) is 16.6 Å². The minimum atomic E-state index is -0.338. The Morgan fingerprint density at radius 1 is 1.23 bits per heavy atom. The molecule has 1 saturated carbocycles. The molecule has 156 valence electrons. The van der Waals surface area contributed by atoms with Crippen LogP contribution in [0, 0.1) is 12.8 Å². The highest BCUT2D eigenvalue weighted by Crippen LogP contribution is 2.34. The van der Waals surface area contributed by atoms with Crippen LogP contribution in [0.4, 0.5) is 0 Å². The number of halogens is 1. The van der Waals surface area contributed by atoms with Crippen LogP contribution in [0.25, 0.3) is 16.6 Å². The summed E-state index contributed by atoms with van der Waals surface area (Å²) in [5.41, 5.74) is 2.25. The second-order valence-electron chi connectivity index (χ2n) is 8.09. The molecule has 30 heavy (non-hydrogen) atoms. The van der Waals surface area contributed by atoms with Crippen molar-refractivity contribution in [1.82, 2.24) is 14.5 Å². The van der Waals surface area contributed by atoms with Crippen LogP contribution in [-0.4, -0.2) is 26.9 Å². The maximum absolute atomic E-state index is 13.5. The van der Waals surface area contributed by atoms with Crippen molar-refractivity contribution >= 4 is 28.4 Å². The van der Waals surface area contributed by atoms with E-state index in [0.717, 1.165) is 30.5 Å². The van der Waals surface area contributed by atoms with Crippen molar-refractivity contribution in [2.45, 2.75) is 46.1 Å². The lowest BCUT2D eigenvalue weighted by Crippen LogP contribution is -2.38. The normalized spacial score (nSPS) is 14.7. The third kappa shape index (κ3) is 3.86. The van der Waals surface area contributed by atoms with Crippen LogP contribution in [-0.2, 0) is 4.79 Å². The minimum Gasteiger partial charge on any atom is -0.333 e. The molecule has 4 rings (SSSR count). The fourth-order valence-corrected chi connectivity index (χ4v) is 4.01. The Hall–Kier alpha value is -2.66. The number of rotatable bonds is 6. The number of aromatic nitrogens is 2. The van der Waals surface area contributed by atoms with Crippen LogP contribution in [0.15, 0.2) is 47.3 Å². The van der Waals surface area contributed by atoms with Crippen LogP contribution in [0.1, 0.15) is 50.5 Å². The molecule has 5 nitrogen and oxygen atoms in total. The fourth-order valence-electron chi connectivity index (χ4n) is 3.84. The van der Waals surface area contributed by atoms with Crippen LogP contribution >= 0.6 is 11.6 Å². The highest BCUT2D eigenvalue weighted by molar-refractivity contribution is 6.31. The topological polar surface area (TPSA) is 55.2 Å². The number of hydrogen-bond donors (Lipinski definition) is 0. The first kappa shape index (κ1) is 20.6. The zero-order chi connectivity index (χ0) is 21.4. The van der Waals surface area contributed by atoms with Gasteiger partial charge in [-0.3, -0.25) is 14.2 Å². The third-order valence-corrected chi connectivity index (χ3v) is 5.90. The van der Waals surface area contributed by atoms with Gasteiger partial charge in [-0.1, -0.05) is 36.2 Å². The Bertz CT molecular complexity index is 1150. The van der Waals surface area contributed by atoms with Crippen molar-refractivity contribution in [2.75, 3.05) is 6.54 Å². The Morgan fingerprint density at radius 2 is 1.93 bits per heavy atom. The van der Waals surface area contributed by atoms with Gasteiger partial charge in [0.25, 0.3) is 5.56 Å². The van der Waals surface area contributed by atoms with Crippen LogP contribution in [0.2, 0.25) is 5.02 Å². The summed E-state index contributed by atoms with van der Waals surface area (Å²) in [4.78, 5) is 33.2.